The third-order valence-corrected chi connectivity index (χ3v) is 11.6. The van der Waals surface area contributed by atoms with E-state index < -0.39 is 14.1 Å². The van der Waals surface area contributed by atoms with Gasteiger partial charge in [-0.1, -0.05) is 52.1 Å². The molecule has 0 spiro atoms. The van der Waals surface area contributed by atoms with Gasteiger partial charge in [-0.3, -0.25) is 0 Å². The normalized spacial score (nSPS) is 17.8. The SMILES string of the molecule is C=C=C(OCc1ccc(OC)cc1)C(CC1(CC#CCC)COC(C)(C)OC1)O[Si](C)(C)C(C)(C)C. The van der Waals surface area contributed by atoms with Crippen LogP contribution in [0.5, 0.6) is 5.75 Å². The van der Waals surface area contributed by atoms with Gasteiger partial charge in [0.2, 0.25) is 0 Å². The highest BCUT2D eigenvalue weighted by atomic mass is 28.4. The summed E-state index contributed by atoms with van der Waals surface area (Å²) in [5, 5.41) is 0.0320. The van der Waals surface area contributed by atoms with Gasteiger partial charge < -0.3 is 23.4 Å². The highest BCUT2D eigenvalue weighted by molar-refractivity contribution is 6.74. The van der Waals surface area contributed by atoms with E-state index in [-0.39, 0.29) is 16.6 Å². The highest BCUT2D eigenvalue weighted by Gasteiger charge is 2.46. The van der Waals surface area contributed by atoms with Crippen LogP contribution in [0.25, 0.3) is 0 Å². The summed E-state index contributed by atoms with van der Waals surface area (Å²) in [4.78, 5) is 0. The van der Waals surface area contributed by atoms with Crippen LogP contribution < -0.4 is 4.74 Å². The minimum atomic E-state index is -2.15. The van der Waals surface area contributed by atoms with Gasteiger partial charge in [0.25, 0.3) is 0 Å². The van der Waals surface area contributed by atoms with E-state index >= 15 is 0 Å². The second-order valence-corrected chi connectivity index (χ2v) is 16.4. The minimum absolute atomic E-state index is 0.0320. The monoisotopic (exact) mass is 514 g/mol. The lowest BCUT2D eigenvalue weighted by molar-refractivity contribution is -0.287. The maximum absolute atomic E-state index is 6.96. The molecule has 6 heteroatoms. The molecule has 1 fully saturated rings. The zero-order valence-corrected chi connectivity index (χ0v) is 24.9. The average Bonchev–Trinajstić information content (AvgIpc) is 2.81. The number of methoxy groups -OCH3 is 1. The molecule has 2 rings (SSSR count). The molecule has 1 aliphatic heterocycles. The van der Waals surface area contributed by atoms with E-state index in [0.717, 1.165) is 17.7 Å². The van der Waals surface area contributed by atoms with Gasteiger partial charge in [-0.05, 0) is 56.1 Å². The van der Waals surface area contributed by atoms with Gasteiger partial charge >= 0.3 is 0 Å². The lowest BCUT2D eigenvalue weighted by Gasteiger charge is -2.46. The molecule has 0 N–H and O–H groups in total. The third kappa shape index (κ3) is 8.54. The van der Waals surface area contributed by atoms with E-state index in [1.54, 1.807) is 7.11 Å². The lowest BCUT2D eigenvalue weighted by atomic mass is 9.79. The summed E-state index contributed by atoms with van der Waals surface area (Å²) in [6.45, 7) is 22.6. The highest BCUT2D eigenvalue weighted by Crippen LogP contribution is 2.43. The van der Waals surface area contributed by atoms with Crippen molar-refractivity contribution >= 4 is 8.32 Å². The predicted molar refractivity (Wildman–Crippen MR) is 148 cm³/mol. The third-order valence-electron chi connectivity index (χ3n) is 7.10. The van der Waals surface area contributed by atoms with Gasteiger partial charge in [0.1, 0.15) is 18.5 Å². The molecule has 1 atom stereocenters. The molecule has 0 radical (unpaired) electrons. The summed E-state index contributed by atoms with van der Waals surface area (Å²) in [5.74, 6) is 7.38. The second kappa shape index (κ2) is 12.5. The predicted octanol–water partition coefficient (Wildman–Crippen LogP) is 7.23. The second-order valence-electron chi connectivity index (χ2n) is 11.6. The fourth-order valence-corrected chi connectivity index (χ4v) is 4.91. The van der Waals surface area contributed by atoms with Crippen molar-refractivity contribution in [3.05, 3.63) is 47.9 Å². The van der Waals surface area contributed by atoms with Gasteiger partial charge in [0.05, 0.1) is 20.3 Å². The van der Waals surface area contributed by atoms with Crippen molar-refractivity contribution in [1.82, 2.24) is 0 Å². The van der Waals surface area contributed by atoms with E-state index in [4.69, 9.17) is 23.4 Å². The summed E-state index contributed by atoms with van der Waals surface area (Å²) in [7, 11) is -0.494. The smallest absolute Gasteiger partial charge is 0.193 e. The van der Waals surface area contributed by atoms with E-state index in [9.17, 15) is 0 Å². The van der Waals surface area contributed by atoms with Crippen molar-refractivity contribution in [2.75, 3.05) is 20.3 Å². The molecule has 5 nitrogen and oxygen atoms in total. The fraction of sp³-hybridized carbons (Fsp3) is 0.633. The Morgan fingerprint density at radius 1 is 1.11 bits per heavy atom. The molecule has 1 aromatic carbocycles. The van der Waals surface area contributed by atoms with Crippen LogP contribution in [0.2, 0.25) is 18.1 Å². The number of hydrogen-bond acceptors (Lipinski definition) is 5. The summed E-state index contributed by atoms with van der Waals surface area (Å²) in [6, 6.07) is 7.85. The summed E-state index contributed by atoms with van der Waals surface area (Å²) in [5.41, 5.74) is 3.77. The first-order valence-corrected chi connectivity index (χ1v) is 15.7. The minimum Gasteiger partial charge on any atom is -0.497 e. The number of hydrogen-bond donors (Lipinski definition) is 0. The summed E-state index contributed by atoms with van der Waals surface area (Å²) in [6.07, 6.45) is 1.79. The molecular formula is C30H46O5Si. The molecule has 0 aliphatic carbocycles. The Balaban J connectivity index is 2.35. The zero-order valence-electron chi connectivity index (χ0n) is 23.9. The number of benzene rings is 1. The number of ether oxygens (including phenoxy) is 4. The van der Waals surface area contributed by atoms with Gasteiger partial charge in [-0.2, -0.15) is 0 Å². The molecule has 1 saturated heterocycles. The van der Waals surface area contributed by atoms with Gasteiger partial charge in [0, 0.05) is 18.3 Å². The molecular weight excluding hydrogens is 468 g/mol. The maximum Gasteiger partial charge on any atom is 0.193 e. The molecule has 0 bridgehead atoms. The molecule has 1 unspecified atom stereocenters. The van der Waals surface area contributed by atoms with E-state index in [0.29, 0.717) is 38.4 Å². The molecule has 1 aliphatic rings. The van der Waals surface area contributed by atoms with Crippen LogP contribution in [0.1, 0.15) is 66.4 Å². The van der Waals surface area contributed by atoms with Crippen LogP contribution in [-0.2, 0) is 25.2 Å². The lowest BCUT2D eigenvalue weighted by Crippen LogP contribution is -2.50. The van der Waals surface area contributed by atoms with Crippen molar-refractivity contribution in [2.45, 2.75) is 97.4 Å². The molecule has 1 heterocycles. The molecule has 200 valence electrons. The van der Waals surface area contributed by atoms with Crippen LogP contribution in [0.4, 0.5) is 0 Å². The van der Waals surface area contributed by atoms with Crippen molar-refractivity contribution in [3.8, 4) is 17.6 Å². The Labute approximate surface area is 220 Å². The Hall–Kier alpha value is -2.00. The molecule has 1 aromatic rings. The van der Waals surface area contributed by atoms with Crippen molar-refractivity contribution in [2.24, 2.45) is 5.41 Å². The van der Waals surface area contributed by atoms with Crippen LogP contribution >= 0.6 is 0 Å². The van der Waals surface area contributed by atoms with E-state index in [2.05, 4.69) is 64.9 Å². The van der Waals surface area contributed by atoms with Crippen molar-refractivity contribution in [3.63, 3.8) is 0 Å². The topological polar surface area (TPSA) is 46.2 Å². The fourth-order valence-electron chi connectivity index (χ4n) is 3.66. The Bertz CT molecular complexity index is 946. The van der Waals surface area contributed by atoms with Crippen LogP contribution in [0.3, 0.4) is 0 Å². The van der Waals surface area contributed by atoms with Crippen molar-refractivity contribution < 1.29 is 23.4 Å². The standard InChI is InChI=1S/C30H46O5Si/c1-11-13-14-19-30(22-33-29(6,7)34-23-30)20-27(35-36(9,10)28(3,4)5)26(12-2)32-21-24-15-17-25(31-8)18-16-24/h15-18,27H,2,11,19-23H2,1,3-10H3. The number of rotatable bonds is 10. The van der Waals surface area contributed by atoms with Crippen LogP contribution in [-0.4, -0.2) is 40.5 Å². The largest absolute Gasteiger partial charge is 0.497 e. The zero-order chi connectivity index (χ0) is 27.0. The van der Waals surface area contributed by atoms with Crippen molar-refractivity contribution in [1.29, 1.82) is 0 Å². The Morgan fingerprint density at radius 2 is 1.72 bits per heavy atom. The molecule has 0 amide bonds. The van der Waals surface area contributed by atoms with Crippen LogP contribution in [0.15, 0.2) is 42.3 Å². The summed E-state index contributed by atoms with van der Waals surface area (Å²) < 4.78 is 30.8. The summed E-state index contributed by atoms with van der Waals surface area (Å²) >= 11 is 0. The maximum atomic E-state index is 6.96. The molecule has 0 aromatic heterocycles. The van der Waals surface area contributed by atoms with Gasteiger partial charge in [0.15, 0.2) is 19.9 Å². The molecule has 0 saturated carbocycles. The van der Waals surface area contributed by atoms with E-state index in [1.165, 1.54) is 0 Å². The Morgan fingerprint density at radius 3 is 2.22 bits per heavy atom. The quantitative estimate of drug-likeness (QED) is 0.143. The first-order chi connectivity index (χ1) is 16.8. The van der Waals surface area contributed by atoms with E-state index in [1.807, 2.05) is 38.1 Å². The molecule has 36 heavy (non-hydrogen) atoms. The Kier molecular flexibility index (Phi) is 10.5. The van der Waals surface area contributed by atoms with Gasteiger partial charge in [-0.25, -0.2) is 0 Å². The first-order valence-electron chi connectivity index (χ1n) is 12.8. The first kappa shape index (κ1) is 30.2. The van der Waals surface area contributed by atoms with Crippen LogP contribution in [0, 0.1) is 17.3 Å². The average molecular weight is 515 g/mol. The van der Waals surface area contributed by atoms with Gasteiger partial charge in [-0.15, -0.1) is 11.8 Å².